The van der Waals surface area contributed by atoms with E-state index in [1.165, 1.54) is 15.6 Å². The Kier molecular flexibility index (Phi) is 4.99. The van der Waals surface area contributed by atoms with Gasteiger partial charge in [0.05, 0.1) is 6.54 Å². The molecule has 0 aromatic heterocycles. The molecule has 0 radical (unpaired) electrons. The lowest BCUT2D eigenvalue weighted by Crippen LogP contribution is -2.36. The van der Waals surface area contributed by atoms with Crippen LogP contribution in [0.3, 0.4) is 0 Å². The minimum absolute atomic E-state index is 0.0807. The fourth-order valence-electron chi connectivity index (χ4n) is 2.42. The van der Waals surface area contributed by atoms with Crippen LogP contribution in [0.5, 0.6) is 0 Å². The third kappa shape index (κ3) is 3.80. The van der Waals surface area contributed by atoms with Crippen LogP contribution in [0, 0.1) is 5.92 Å². The Balaban J connectivity index is 1.86. The number of hydrogen-bond acceptors (Lipinski definition) is 2. The summed E-state index contributed by atoms with van der Waals surface area (Å²) >= 11 is 3.59. The molecule has 0 heterocycles. The number of fused-ring (bicyclic) bond motifs is 1. The first-order valence-electron chi connectivity index (χ1n) is 6.85. The van der Waals surface area contributed by atoms with Crippen LogP contribution in [0.25, 0.3) is 0 Å². The average molecular weight is 325 g/mol. The van der Waals surface area contributed by atoms with Gasteiger partial charge in [-0.15, -0.1) is 0 Å². The van der Waals surface area contributed by atoms with Crippen molar-refractivity contribution in [2.75, 3.05) is 13.1 Å². The lowest BCUT2D eigenvalue weighted by Gasteiger charge is -2.14. The quantitative estimate of drug-likeness (QED) is 0.874. The van der Waals surface area contributed by atoms with Crippen LogP contribution < -0.4 is 10.6 Å². The van der Waals surface area contributed by atoms with Crippen molar-refractivity contribution in [3.63, 3.8) is 0 Å². The second-order valence-corrected chi connectivity index (χ2v) is 6.33. The minimum Gasteiger partial charge on any atom is -0.355 e. The standard InChI is InChI=1S/C15H21BrN2O/c1-10(2)8-18-15(19)9-17-14-7-6-11-12(14)4-3-5-13(11)16/h3-5,10,14,17H,6-9H2,1-2H3,(H,18,19). The van der Waals surface area contributed by atoms with Gasteiger partial charge < -0.3 is 10.6 Å². The zero-order valence-electron chi connectivity index (χ0n) is 11.5. The van der Waals surface area contributed by atoms with E-state index in [2.05, 4.69) is 58.6 Å². The highest BCUT2D eigenvalue weighted by molar-refractivity contribution is 9.10. The first kappa shape index (κ1) is 14.5. The molecular formula is C15H21BrN2O. The molecular weight excluding hydrogens is 304 g/mol. The van der Waals surface area contributed by atoms with Crippen LogP contribution in [0.1, 0.15) is 37.4 Å². The topological polar surface area (TPSA) is 41.1 Å². The number of amides is 1. The number of rotatable bonds is 5. The van der Waals surface area contributed by atoms with E-state index in [1.807, 2.05) is 0 Å². The van der Waals surface area contributed by atoms with E-state index in [0.717, 1.165) is 19.4 Å². The van der Waals surface area contributed by atoms with Gasteiger partial charge in [-0.2, -0.15) is 0 Å². The maximum atomic E-state index is 11.7. The molecule has 0 saturated carbocycles. The van der Waals surface area contributed by atoms with Gasteiger partial charge in [0.15, 0.2) is 0 Å². The van der Waals surface area contributed by atoms with Crippen molar-refractivity contribution < 1.29 is 4.79 Å². The van der Waals surface area contributed by atoms with Gasteiger partial charge in [0, 0.05) is 17.1 Å². The van der Waals surface area contributed by atoms with Crippen LogP contribution in [0.4, 0.5) is 0 Å². The number of carbonyl (C=O) groups excluding carboxylic acids is 1. The second kappa shape index (κ2) is 6.53. The van der Waals surface area contributed by atoms with Gasteiger partial charge in [-0.25, -0.2) is 0 Å². The monoisotopic (exact) mass is 324 g/mol. The third-order valence-electron chi connectivity index (χ3n) is 3.43. The van der Waals surface area contributed by atoms with Crippen LogP contribution in [0.2, 0.25) is 0 Å². The molecule has 0 spiro atoms. The van der Waals surface area contributed by atoms with Crippen molar-refractivity contribution in [1.82, 2.24) is 10.6 Å². The molecule has 1 aromatic carbocycles. The summed E-state index contributed by atoms with van der Waals surface area (Å²) in [6, 6.07) is 6.59. The fraction of sp³-hybridized carbons (Fsp3) is 0.533. The Labute approximate surface area is 123 Å². The van der Waals surface area contributed by atoms with Crippen molar-refractivity contribution in [3.8, 4) is 0 Å². The molecule has 1 atom stereocenters. The molecule has 1 unspecified atom stereocenters. The molecule has 0 fully saturated rings. The fourth-order valence-corrected chi connectivity index (χ4v) is 3.00. The summed E-state index contributed by atoms with van der Waals surface area (Å²) in [6.45, 7) is 5.33. The maximum Gasteiger partial charge on any atom is 0.233 e. The van der Waals surface area contributed by atoms with Gasteiger partial charge in [0.1, 0.15) is 0 Å². The van der Waals surface area contributed by atoms with Gasteiger partial charge in [0.2, 0.25) is 5.91 Å². The summed E-state index contributed by atoms with van der Waals surface area (Å²) < 4.78 is 1.18. The lowest BCUT2D eigenvalue weighted by molar-refractivity contribution is -0.120. The number of halogens is 1. The van der Waals surface area contributed by atoms with E-state index in [0.29, 0.717) is 18.5 Å². The highest BCUT2D eigenvalue weighted by Gasteiger charge is 2.23. The molecule has 104 valence electrons. The van der Waals surface area contributed by atoms with Gasteiger partial charge in [-0.3, -0.25) is 4.79 Å². The van der Waals surface area contributed by atoms with Crippen LogP contribution >= 0.6 is 15.9 Å². The molecule has 1 aliphatic rings. The molecule has 0 saturated heterocycles. The van der Waals surface area contributed by atoms with Crippen molar-refractivity contribution in [2.45, 2.75) is 32.7 Å². The average Bonchev–Trinajstić information content (AvgIpc) is 2.78. The van der Waals surface area contributed by atoms with E-state index in [1.54, 1.807) is 0 Å². The van der Waals surface area contributed by atoms with Gasteiger partial charge in [0.25, 0.3) is 0 Å². The van der Waals surface area contributed by atoms with E-state index < -0.39 is 0 Å². The molecule has 0 aliphatic heterocycles. The van der Waals surface area contributed by atoms with Crippen molar-refractivity contribution in [3.05, 3.63) is 33.8 Å². The van der Waals surface area contributed by atoms with Crippen LogP contribution in [-0.2, 0) is 11.2 Å². The lowest BCUT2D eigenvalue weighted by atomic mass is 10.1. The van der Waals surface area contributed by atoms with E-state index in [-0.39, 0.29) is 5.91 Å². The predicted molar refractivity (Wildman–Crippen MR) is 81.1 cm³/mol. The summed E-state index contributed by atoms with van der Waals surface area (Å²) in [5.41, 5.74) is 2.70. The Morgan fingerprint density at radius 1 is 1.47 bits per heavy atom. The molecule has 4 heteroatoms. The summed E-state index contributed by atoms with van der Waals surface area (Å²) in [6.07, 6.45) is 2.14. The third-order valence-corrected chi connectivity index (χ3v) is 4.17. The summed E-state index contributed by atoms with van der Waals surface area (Å²) in [5.74, 6) is 0.573. The van der Waals surface area contributed by atoms with Gasteiger partial charge in [-0.1, -0.05) is 41.9 Å². The number of nitrogens with one attached hydrogen (secondary N) is 2. The molecule has 1 amide bonds. The first-order valence-corrected chi connectivity index (χ1v) is 7.64. The van der Waals surface area contributed by atoms with Gasteiger partial charge in [-0.05, 0) is 36.0 Å². The molecule has 1 aromatic rings. The van der Waals surface area contributed by atoms with Gasteiger partial charge >= 0.3 is 0 Å². The summed E-state index contributed by atoms with van der Waals surface area (Å²) in [5, 5.41) is 6.29. The maximum absolute atomic E-state index is 11.7. The normalized spacial score (nSPS) is 17.6. The summed E-state index contributed by atoms with van der Waals surface area (Å²) in [4.78, 5) is 11.7. The number of hydrogen-bond donors (Lipinski definition) is 2. The smallest absolute Gasteiger partial charge is 0.233 e. The number of carbonyl (C=O) groups is 1. The molecule has 2 N–H and O–H groups in total. The minimum atomic E-state index is 0.0807. The van der Waals surface area contributed by atoms with Crippen LogP contribution in [0.15, 0.2) is 22.7 Å². The molecule has 2 rings (SSSR count). The second-order valence-electron chi connectivity index (χ2n) is 5.48. The Morgan fingerprint density at radius 2 is 2.26 bits per heavy atom. The van der Waals surface area contributed by atoms with Crippen molar-refractivity contribution >= 4 is 21.8 Å². The van der Waals surface area contributed by atoms with E-state index >= 15 is 0 Å². The highest BCUT2D eigenvalue weighted by Crippen LogP contribution is 2.35. The van der Waals surface area contributed by atoms with E-state index in [4.69, 9.17) is 0 Å². The highest BCUT2D eigenvalue weighted by atomic mass is 79.9. The first-order chi connectivity index (χ1) is 9.08. The SMILES string of the molecule is CC(C)CNC(=O)CNC1CCc2c(Br)cccc21. The summed E-state index contributed by atoms with van der Waals surface area (Å²) in [7, 11) is 0. The predicted octanol–water partition coefficient (Wildman–Crippen LogP) is 2.80. The molecule has 1 aliphatic carbocycles. The number of benzene rings is 1. The molecule has 3 nitrogen and oxygen atoms in total. The largest absolute Gasteiger partial charge is 0.355 e. The Bertz CT molecular complexity index is 459. The molecule has 0 bridgehead atoms. The van der Waals surface area contributed by atoms with E-state index in [9.17, 15) is 4.79 Å². The Hall–Kier alpha value is -0.870. The van der Waals surface area contributed by atoms with Crippen molar-refractivity contribution in [1.29, 1.82) is 0 Å². The van der Waals surface area contributed by atoms with Crippen LogP contribution in [-0.4, -0.2) is 19.0 Å². The zero-order chi connectivity index (χ0) is 13.8. The zero-order valence-corrected chi connectivity index (χ0v) is 13.1. The van der Waals surface area contributed by atoms with Crippen molar-refractivity contribution in [2.24, 2.45) is 5.92 Å². The Morgan fingerprint density at radius 3 is 3.00 bits per heavy atom. The molecule has 19 heavy (non-hydrogen) atoms.